The van der Waals surface area contributed by atoms with Crippen LogP contribution in [0.25, 0.3) is 6.08 Å². The fourth-order valence-electron chi connectivity index (χ4n) is 3.51. The molecule has 0 aliphatic carbocycles. The number of methoxy groups -OCH3 is 1. The Balaban J connectivity index is 1.43. The number of imide groups is 1. The maximum atomic E-state index is 12.9. The van der Waals surface area contributed by atoms with Crippen LogP contribution in [0, 0.1) is 11.3 Å². The third-order valence-electron chi connectivity index (χ3n) is 5.38. The van der Waals surface area contributed by atoms with Gasteiger partial charge in [0, 0.05) is 11.3 Å². The molecule has 0 aromatic heterocycles. The summed E-state index contributed by atoms with van der Waals surface area (Å²) in [6, 6.07) is 19.2. The number of carbonyl (C=O) groups excluding carboxylic acids is 3. The summed E-state index contributed by atoms with van der Waals surface area (Å²) in [6.45, 7) is -0.283. The number of amides is 3. The molecule has 1 saturated heterocycles. The van der Waals surface area contributed by atoms with Gasteiger partial charge in [-0.1, -0.05) is 29.8 Å². The zero-order valence-electron chi connectivity index (χ0n) is 19.9. The third kappa shape index (κ3) is 6.37. The molecule has 0 radical (unpaired) electrons. The summed E-state index contributed by atoms with van der Waals surface area (Å²) in [5, 5.41) is 11.6. The van der Waals surface area contributed by atoms with Crippen LogP contribution >= 0.6 is 39.3 Å². The van der Waals surface area contributed by atoms with Crippen molar-refractivity contribution in [3.8, 4) is 17.6 Å². The van der Waals surface area contributed by atoms with E-state index in [0.29, 0.717) is 38.3 Å². The van der Waals surface area contributed by atoms with Crippen LogP contribution in [0.5, 0.6) is 11.5 Å². The van der Waals surface area contributed by atoms with E-state index >= 15 is 0 Å². The van der Waals surface area contributed by atoms with Crippen LogP contribution in [0.1, 0.15) is 16.7 Å². The van der Waals surface area contributed by atoms with Crippen molar-refractivity contribution in [2.45, 2.75) is 6.61 Å². The Hall–Kier alpha value is -3.78. The molecule has 1 N–H and O–H groups in total. The Morgan fingerprint density at radius 3 is 2.61 bits per heavy atom. The van der Waals surface area contributed by atoms with E-state index in [0.717, 1.165) is 16.7 Å². The maximum Gasteiger partial charge on any atom is 0.294 e. The Morgan fingerprint density at radius 2 is 1.92 bits per heavy atom. The first-order chi connectivity index (χ1) is 18.3. The van der Waals surface area contributed by atoms with Crippen molar-refractivity contribution in [3.63, 3.8) is 0 Å². The molecule has 192 valence electrons. The molecule has 3 amide bonds. The zero-order chi connectivity index (χ0) is 27.2. The lowest BCUT2D eigenvalue weighted by molar-refractivity contribution is -0.127. The second kappa shape index (κ2) is 12.2. The van der Waals surface area contributed by atoms with Crippen LogP contribution in [0.3, 0.4) is 0 Å². The van der Waals surface area contributed by atoms with Crippen LogP contribution in [0.4, 0.5) is 10.5 Å². The summed E-state index contributed by atoms with van der Waals surface area (Å²) in [7, 11) is 1.54. The maximum absolute atomic E-state index is 12.9. The average molecular weight is 613 g/mol. The zero-order valence-corrected chi connectivity index (χ0v) is 23.0. The fraction of sp³-hybridized carbons (Fsp3) is 0.111. The van der Waals surface area contributed by atoms with Gasteiger partial charge in [0.2, 0.25) is 5.91 Å². The Bertz CT molecular complexity index is 1460. The van der Waals surface area contributed by atoms with Crippen LogP contribution < -0.4 is 14.8 Å². The second-order valence-corrected chi connectivity index (χ2v) is 10.2. The van der Waals surface area contributed by atoms with Gasteiger partial charge in [0.1, 0.15) is 18.9 Å². The predicted molar refractivity (Wildman–Crippen MR) is 149 cm³/mol. The van der Waals surface area contributed by atoms with Crippen molar-refractivity contribution < 1.29 is 23.9 Å². The molecule has 4 rings (SSSR count). The van der Waals surface area contributed by atoms with Crippen molar-refractivity contribution in [1.29, 1.82) is 5.26 Å². The first-order valence-electron chi connectivity index (χ1n) is 11.1. The molecule has 38 heavy (non-hydrogen) atoms. The van der Waals surface area contributed by atoms with Crippen molar-refractivity contribution in [3.05, 3.63) is 91.8 Å². The number of halogens is 2. The lowest BCUT2D eigenvalue weighted by Gasteiger charge is -2.13. The van der Waals surface area contributed by atoms with Gasteiger partial charge < -0.3 is 14.8 Å². The summed E-state index contributed by atoms with van der Waals surface area (Å²) in [6.07, 6.45) is 1.53. The number of anilines is 1. The monoisotopic (exact) mass is 611 g/mol. The largest absolute Gasteiger partial charge is 0.497 e. The van der Waals surface area contributed by atoms with Gasteiger partial charge in [0.05, 0.1) is 33.1 Å². The first kappa shape index (κ1) is 27.3. The number of benzene rings is 3. The molecule has 0 unspecified atom stereocenters. The van der Waals surface area contributed by atoms with E-state index in [1.807, 2.05) is 6.07 Å². The van der Waals surface area contributed by atoms with Crippen LogP contribution in [-0.2, 0) is 16.2 Å². The predicted octanol–water partition coefficient (Wildman–Crippen LogP) is 6.24. The molecular weight excluding hydrogens is 594 g/mol. The highest BCUT2D eigenvalue weighted by molar-refractivity contribution is 9.10. The second-order valence-electron chi connectivity index (χ2n) is 7.92. The minimum Gasteiger partial charge on any atom is -0.497 e. The lowest BCUT2D eigenvalue weighted by atomic mass is 10.1. The number of thioether (sulfide) groups is 1. The van der Waals surface area contributed by atoms with E-state index in [9.17, 15) is 19.6 Å². The molecule has 11 heteroatoms. The minimum atomic E-state index is -0.578. The number of nitrogens with one attached hydrogen (secondary N) is 1. The Kier molecular flexibility index (Phi) is 8.73. The molecule has 1 fully saturated rings. The summed E-state index contributed by atoms with van der Waals surface area (Å²) >= 11 is 10.6. The molecular formula is C27H19BrClN3O5S. The fourth-order valence-corrected chi connectivity index (χ4v) is 5.34. The quantitative estimate of drug-likeness (QED) is 0.300. The SMILES string of the molecule is COc1ccc(NC(=O)CN2C(=O)S/C(=C/c3cc(Cl)c(OCc4ccccc4C#N)c(Br)c3)C2=O)cc1. The highest BCUT2D eigenvalue weighted by Crippen LogP contribution is 2.38. The number of carbonyl (C=O) groups is 3. The molecule has 0 saturated carbocycles. The van der Waals surface area contributed by atoms with Crippen molar-refractivity contribution in [2.24, 2.45) is 0 Å². The van der Waals surface area contributed by atoms with Crippen molar-refractivity contribution >= 4 is 68.1 Å². The highest BCUT2D eigenvalue weighted by atomic mass is 79.9. The van der Waals surface area contributed by atoms with Crippen LogP contribution in [-0.4, -0.2) is 35.6 Å². The van der Waals surface area contributed by atoms with Crippen LogP contribution in [0.2, 0.25) is 5.02 Å². The first-order valence-corrected chi connectivity index (χ1v) is 13.1. The van der Waals surface area contributed by atoms with Crippen molar-refractivity contribution in [1.82, 2.24) is 4.90 Å². The van der Waals surface area contributed by atoms with Gasteiger partial charge in [-0.2, -0.15) is 5.26 Å². The number of nitriles is 1. The number of ether oxygens (including phenoxy) is 2. The van der Waals surface area contributed by atoms with Gasteiger partial charge >= 0.3 is 0 Å². The number of nitrogens with zero attached hydrogens (tertiary/aromatic N) is 2. The minimum absolute atomic E-state index is 0.138. The van der Waals surface area contributed by atoms with E-state index in [4.69, 9.17) is 21.1 Å². The summed E-state index contributed by atoms with van der Waals surface area (Å²) < 4.78 is 11.5. The molecule has 1 heterocycles. The van der Waals surface area contributed by atoms with E-state index in [2.05, 4.69) is 27.3 Å². The molecule has 8 nitrogen and oxygen atoms in total. The smallest absolute Gasteiger partial charge is 0.294 e. The van der Waals surface area contributed by atoms with Gasteiger partial charge in [-0.05, 0) is 81.8 Å². The molecule has 0 bridgehead atoms. The summed E-state index contributed by atoms with van der Waals surface area (Å²) in [4.78, 5) is 38.8. The van der Waals surface area contributed by atoms with E-state index in [1.54, 1.807) is 54.6 Å². The molecule has 1 aliphatic heterocycles. The molecule has 3 aromatic rings. The van der Waals surface area contributed by atoms with E-state index in [1.165, 1.54) is 13.2 Å². The highest BCUT2D eigenvalue weighted by Gasteiger charge is 2.36. The molecule has 0 spiro atoms. The molecule has 0 atom stereocenters. The van der Waals surface area contributed by atoms with Gasteiger partial charge in [-0.3, -0.25) is 19.3 Å². The van der Waals surface area contributed by atoms with Gasteiger partial charge in [0.15, 0.2) is 5.75 Å². The summed E-state index contributed by atoms with van der Waals surface area (Å²) in [5.41, 5.74) is 2.28. The Labute approximate surface area is 236 Å². The third-order valence-corrected chi connectivity index (χ3v) is 7.15. The topological polar surface area (TPSA) is 109 Å². The normalized spacial score (nSPS) is 13.9. The lowest BCUT2D eigenvalue weighted by Crippen LogP contribution is -2.36. The summed E-state index contributed by atoms with van der Waals surface area (Å²) in [5.74, 6) is -0.0795. The van der Waals surface area contributed by atoms with Gasteiger partial charge in [-0.25, -0.2) is 0 Å². The number of rotatable bonds is 8. The molecule has 3 aromatic carbocycles. The average Bonchev–Trinajstić information content (AvgIpc) is 3.16. The van der Waals surface area contributed by atoms with E-state index < -0.39 is 23.6 Å². The van der Waals surface area contributed by atoms with Gasteiger partial charge in [0.25, 0.3) is 11.1 Å². The van der Waals surface area contributed by atoms with Gasteiger partial charge in [-0.15, -0.1) is 0 Å². The van der Waals surface area contributed by atoms with Crippen molar-refractivity contribution in [2.75, 3.05) is 19.0 Å². The standard InChI is InChI=1S/C27H19BrClN3O5S/c1-36-20-8-6-19(7-9-20)31-24(33)14-32-26(34)23(38-27(32)35)12-16-10-21(28)25(22(29)11-16)37-15-18-5-3-2-4-17(18)13-30/h2-12H,14-15H2,1H3,(H,31,33)/b23-12+. The van der Waals surface area contributed by atoms with E-state index in [-0.39, 0.29) is 16.5 Å². The molecule has 1 aliphatic rings. The number of hydrogen-bond acceptors (Lipinski definition) is 7. The Morgan fingerprint density at radius 1 is 1.18 bits per heavy atom. The number of hydrogen-bond donors (Lipinski definition) is 1. The van der Waals surface area contributed by atoms with Crippen LogP contribution in [0.15, 0.2) is 70.0 Å².